The van der Waals surface area contributed by atoms with Crippen molar-refractivity contribution in [3.05, 3.63) is 101 Å². The first kappa shape index (κ1) is 24.5. The summed E-state index contributed by atoms with van der Waals surface area (Å²) in [4.78, 5) is 23.4. The summed E-state index contributed by atoms with van der Waals surface area (Å²) in [6.07, 6.45) is 0.00400. The normalized spacial score (nSPS) is 10.1. The lowest BCUT2D eigenvalue weighted by Crippen LogP contribution is -2.28. The molecule has 9 heteroatoms. The largest absolute Gasteiger partial charge is 0.370 e. The van der Waals surface area contributed by atoms with Crippen LogP contribution in [0.4, 0.5) is 15.9 Å². The second-order valence-corrected chi connectivity index (χ2v) is 7.50. The molecule has 0 bridgehead atoms. The zero-order chi connectivity index (χ0) is 24.3. The number of nitrogens with two attached hydrogens (primary N) is 1. The fraction of sp³-hybridized carbons (Fsp3) is 0.0800. The van der Waals surface area contributed by atoms with E-state index in [4.69, 9.17) is 17.3 Å². The van der Waals surface area contributed by atoms with Gasteiger partial charge in [-0.15, -0.1) is 0 Å². The van der Waals surface area contributed by atoms with Gasteiger partial charge in [0.05, 0.1) is 5.56 Å². The molecule has 1 heterocycles. The molecule has 0 saturated carbocycles. The van der Waals surface area contributed by atoms with Crippen LogP contribution in [0.2, 0.25) is 5.02 Å². The second-order valence-electron chi connectivity index (χ2n) is 7.06. The molecule has 0 atom stereocenters. The highest BCUT2D eigenvalue weighted by Crippen LogP contribution is 2.33. The van der Waals surface area contributed by atoms with Crippen LogP contribution in [0, 0.1) is 5.82 Å². The lowest BCUT2D eigenvalue weighted by Gasteiger charge is -2.09. The van der Waals surface area contributed by atoms with Crippen molar-refractivity contribution < 1.29 is 14.0 Å². The predicted molar refractivity (Wildman–Crippen MR) is 131 cm³/mol. The van der Waals surface area contributed by atoms with Gasteiger partial charge < -0.3 is 16.4 Å². The van der Waals surface area contributed by atoms with Crippen molar-refractivity contribution in [1.82, 2.24) is 15.5 Å². The van der Waals surface area contributed by atoms with Gasteiger partial charge in [0.25, 0.3) is 5.91 Å². The van der Waals surface area contributed by atoms with Crippen molar-refractivity contribution in [1.29, 1.82) is 0 Å². The lowest BCUT2D eigenvalue weighted by molar-refractivity contribution is -0.117. The van der Waals surface area contributed by atoms with Gasteiger partial charge >= 0.3 is 0 Å². The first-order valence-electron chi connectivity index (χ1n) is 10.4. The van der Waals surface area contributed by atoms with Gasteiger partial charge in [0.15, 0.2) is 5.82 Å². The molecule has 1 aromatic heterocycles. The minimum absolute atomic E-state index is 0.00400. The number of rotatable bonds is 7. The summed E-state index contributed by atoms with van der Waals surface area (Å²) < 4.78 is 14.4. The Labute approximate surface area is 201 Å². The topological polar surface area (TPSA) is 113 Å². The number of H-pyrrole nitrogens is 1. The number of carbonyl (C=O) groups is 2. The Hall–Kier alpha value is -4.17. The summed E-state index contributed by atoms with van der Waals surface area (Å²) in [7, 11) is 0. The number of nitrogens with zero attached hydrogens (tertiary/aromatic N) is 1. The number of carbonyl (C=O) groups excluding carboxylic acids is 2. The van der Waals surface area contributed by atoms with Crippen LogP contribution >= 0.6 is 11.6 Å². The molecular formula is C25H23ClFN5O2. The molecule has 0 spiro atoms. The molecule has 34 heavy (non-hydrogen) atoms. The first-order valence-corrected chi connectivity index (χ1v) is 10.8. The molecular weight excluding hydrogens is 457 g/mol. The molecule has 0 aliphatic heterocycles. The second kappa shape index (κ2) is 12.2. The highest BCUT2D eigenvalue weighted by Gasteiger charge is 2.23. The van der Waals surface area contributed by atoms with Gasteiger partial charge in [-0.25, -0.2) is 4.39 Å². The molecule has 0 aliphatic rings. The Kier molecular flexibility index (Phi) is 8.76. The third-order valence-corrected chi connectivity index (χ3v) is 4.82. The van der Waals surface area contributed by atoms with E-state index in [-0.39, 0.29) is 24.2 Å². The standard InChI is InChI=1S/C19H18FN5O2.C6H5Cl/c20-14-9-5-4-8-13(14)16-17(19(27)22-11-10-15(21)26)24-25-18(16)23-12-6-2-1-3-7-12;7-6-4-2-1-3-5-6/h1-9H,10-11H2,(H2,21,26)(H,22,27)(H2,23,24,25);1-5H. The average molecular weight is 480 g/mol. The first-order chi connectivity index (χ1) is 16.5. The molecule has 4 rings (SSSR count). The molecule has 7 nitrogen and oxygen atoms in total. The molecule has 0 saturated heterocycles. The summed E-state index contributed by atoms with van der Waals surface area (Å²) in [5, 5.41) is 13.2. The van der Waals surface area contributed by atoms with Crippen molar-refractivity contribution in [3.63, 3.8) is 0 Å². The molecule has 0 fully saturated rings. The van der Waals surface area contributed by atoms with E-state index >= 15 is 0 Å². The predicted octanol–water partition coefficient (Wildman–Crippen LogP) is 4.90. The zero-order valence-electron chi connectivity index (χ0n) is 18.1. The van der Waals surface area contributed by atoms with Gasteiger partial charge in [0.2, 0.25) is 5.91 Å². The van der Waals surface area contributed by atoms with Crippen molar-refractivity contribution in [2.24, 2.45) is 5.73 Å². The number of aromatic amines is 1. The summed E-state index contributed by atoms with van der Waals surface area (Å²) >= 11 is 5.54. The van der Waals surface area contributed by atoms with Gasteiger partial charge in [-0.1, -0.05) is 66.2 Å². The van der Waals surface area contributed by atoms with Crippen molar-refractivity contribution in [3.8, 4) is 11.1 Å². The van der Waals surface area contributed by atoms with Crippen molar-refractivity contribution >= 4 is 34.9 Å². The van der Waals surface area contributed by atoms with E-state index in [2.05, 4.69) is 20.8 Å². The van der Waals surface area contributed by atoms with Crippen molar-refractivity contribution in [2.45, 2.75) is 6.42 Å². The van der Waals surface area contributed by atoms with Gasteiger partial charge in [-0.05, 0) is 30.3 Å². The van der Waals surface area contributed by atoms with Crippen LogP contribution < -0.4 is 16.4 Å². The summed E-state index contributed by atoms with van der Waals surface area (Å²) in [6, 6.07) is 24.8. The van der Waals surface area contributed by atoms with Crippen LogP contribution in [0.3, 0.4) is 0 Å². The number of para-hydroxylation sites is 1. The molecule has 0 unspecified atom stereocenters. The van der Waals surface area contributed by atoms with E-state index in [9.17, 15) is 14.0 Å². The SMILES string of the molecule is Clc1ccccc1.NC(=O)CCNC(=O)c1[nH]nc(Nc2ccccc2)c1-c1ccccc1F. The van der Waals surface area contributed by atoms with Crippen LogP contribution in [-0.2, 0) is 4.79 Å². The molecule has 4 aromatic rings. The number of aromatic nitrogens is 2. The smallest absolute Gasteiger partial charge is 0.270 e. The van der Waals surface area contributed by atoms with E-state index in [0.29, 0.717) is 11.4 Å². The quantitative estimate of drug-likeness (QED) is 0.302. The zero-order valence-corrected chi connectivity index (χ0v) is 18.9. The van der Waals surface area contributed by atoms with Gasteiger partial charge in [-0.2, -0.15) is 5.10 Å². The summed E-state index contributed by atoms with van der Waals surface area (Å²) in [5.41, 5.74) is 6.43. The maximum Gasteiger partial charge on any atom is 0.270 e. The Balaban J connectivity index is 0.000000396. The number of hydrogen-bond acceptors (Lipinski definition) is 4. The number of nitrogens with one attached hydrogen (secondary N) is 3. The van der Waals surface area contributed by atoms with Crippen LogP contribution in [-0.4, -0.2) is 28.6 Å². The Morgan fingerprint density at radius 1 is 0.941 bits per heavy atom. The van der Waals surface area contributed by atoms with Crippen LogP contribution in [0.15, 0.2) is 84.9 Å². The summed E-state index contributed by atoms with van der Waals surface area (Å²) in [5.74, 6) is -1.21. The molecule has 2 amide bonds. The molecule has 3 aromatic carbocycles. The minimum Gasteiger partial charge on any atom is -0.370 e. The van der Waals surface area contributed by atoms with E-state index < -0.39 is 17.6 Å². The minimum atomic E-state index is -0.527. The Morgan fingerprint density at radius 2 is 1.56 bits per heavy atom. The number of hydrogen-bond donors (Lipinski definition) is 4. The molecule has 0 aliphatic carbocycles. The highest BCUT2D eigenvalue weighted by molar-refractivity contribution is 6.30. The Morgan fingerprint density at radius 3 is 2.15 bits per heavy atom. The average Bonchev–Trinajstić information content (AvgIpc) is 3.24. The molecule has 0 radical (unpaired) electrons. The highest BCUT2D eigenvalue weighted by atomic mass is 35.5. The number of benzene rings is 3. The maximum atomic E-state index is 14.4. The van der Waals surface area contributed by atoms with E-state index in [1.54, 1.807) is 18.2 Å². The third-order valence-electron chi connectivity index (χ3n) is 4.56. The number of halogens is 2. The van der Waals surface area contributed by atoms with Crippen molar-refractivity contribution in [2.75, 3.05) is 11.9 Å². The third kappa shape index (κ3) is 6.91. The van der Waals surface area contributed by atoms with E-state index in [0.717, 1.165) is 10.7 Å². The monoisotopic (exact) mass is 479 g/mol. The number of primary amides is 1. The van der Waals surface area contributed by atoms with Crippen LogP contribution in [0.5, 0.6) is 0 Å². The molecule has 174 valence electrons. The fourth-order valence-electron chi connectivity index (χ4n) is 2.98. The molecule has 5 N–H and O–H groups in total. The van der Waals surface area contributed by atoms with E-state index in [1.807, 2.05) is 60.7 Å². The van der Waals surface area contributed by atoms with Crippen LogP contribution in [0.25, 0.3) is 11.1 Å². The van der Waals surface area contributed by atoms with E-state index in [1.165, 1.54) is 6.07 Å². The fourth-order valence-corrected chi connectivity index (χ4v) is 3.13. The van der Waals surface area contributed by atoms with Gasteiger partial charge in [0, 0.05) is 29.2 Å². The van der Waals surface area contributed by atoms with Crippen LogP contribution in [0.1, 0.15) is 16.9 Å². The van der Waals surface area contributed by atoms with Gasteiger partial charge in [0.1, 0.15) is 11.5 Å². The van der Waals surface area contributed by atoms with Gasteiger partial charge in [-0.3, -0.25) is 14.7 Å². The number of anilines is 2. The number of amides is 2. The summed E-state index contributed by atoms with van der Waals surface area (Å²) in [6.45, 7) is 0.0747. The lowest BCUT2D eigenvalue weighted by atomic mass is 10.0. The maximum absolute atomic E-state index is 14.4. The Bertz CT molecular complexity index is 1230.